The van der Waals surface area contributed by atoms with E-state index in [-0.39, 0.29) is 6.10 Å². The fourth-order valence-electron chi connectivity index (χ4n) is 4.36. The summed E-state index contributed by atoms with van der Waals surface area (Å²) in [6.07, 6.45) is 5.64. The van der Waals surface area contributed by atoms with E-state index >= 15 is 0 Å². The van der Waals surface area contributed by atoms with Gasteiger partial charge in [0.2, 0.25) is 0 Å². The molecule has 3 heterocycles. The molecule has 1 aliphatic rings. The van der Waals surface area contributed by atoms with Crippen LogP contribution in [0.25, 0.3) is 33.3 Å². The zero-order valence-electron chi connectivity index (χ0n) is 17.3. The highest BCUT2D eigenvalue weighted by atomic mass is 16.3. The molecule has 0 bridgehead atoms. The summed E-state index contributed by atoms with van der Waals surface area (Å²) in [5.41, 5.74) is 7.10. The van der Waals surface area contributed by atoms with Gasteiger partial charge in [0, 0.05) is 42.0 Å². The molecule has 2 aromatic carbocycles. The molecule has 4 aromatic rings. The fraction of sp³-hybridized carbons (Fsp3) is 0.231. The number of hydrogen-bond donors (Lipinski definition) is 2. The Morgan fingerprint density at radius 3 is 2.58 bits per heavy atom. The largest absolute Gasteiger partial charge is 0.392 e. The molecule has 0 amide bonds. The van der Waals surface area contributed by atoms with Crippen LogP contribution in [0.4, 0.5) is 0 Å². The lowest BCUT2D eigenvalue weighted by Gasteiger charge is -2.29. The van der Waals surface area contributed by atoms with Crippen molar-refractivity contribution in [3.8, 4) is 28.3 Å². The van der Waals surface area contributed by atoms with E-state index in [4.69, 9.17) is 5.26 Å². The molecule has 2 N–H and O–H groups in total. The minimum absolute atomic E-state index is 0.197. The van der Waals surface area contributed by atoms with Crippen LogP contribution in [-0.4, -0.2) is 39.2 Å². The van der Waals surface area contributed by atoms with E-state index in [0.717, 1.165) is 65.8 Å². The van der Waals surface area contributed by atoms with Crippen LogP contribution in [0.1, 0.15) is 24.0 Å². The minimum Gasteiger partial charge on any atom is -0.392 e. The standard InChI is InChI=1S/C26H24N4O/c27-13-18-3-9-21(10-4-18)25-15-29-26-24(25)12-22(14-28-26)20-7-5-19(6-8-20)16-30-11-1-2-23(31)17-30/h3-10,12,14-15,23,31H,1-2,11,16-17H2,(H,28,29). The normalized spacial score (nSPS) is 17.0. The molecule has 1 aliphatic heterocycles. The zero-order valence-corrected chi connectivity index (χ0v) is 17.3. The Bertz CT molecular complexity index is 1240. The number of aliphatic hydroxyl groups is 1. The number of H-pyrrole nitrogens is 1. The number of pyridine rings is 1. The maximum Gasteiger partial charge on any atom is 0.137 e. The second-order valence-corrected chi connectivity index (χ2v) is 8.24. The number of aromatic nitrogens is 2. The number of benzene rings is 2. The Morgan fingerprint density at radius 2 is 1.84 bits per heavy atom. The summed E-state index contributed by atoms with van der Waals surface area (Å²) in [5, 5.41) is 20.0. The number of hydrogen-bond acceptors (Lipinski definition) is 4. The average Bonchev–Trinajstić information content (AvgIpc) is 3.23. The molecule has 0 spiro atoms. The van der Waals surface area contributed by atoms with Crippen molar-refractivity contribution in [2.45, 2.75) is 25.5 Å². The first kappa shape index (κ1) is 19.5. The Morgan fingerprint density at radius 1 is 1.06 bits per heavy atom. The SMILES string of the molecule is N#Cc1ccc(-c2c[nH]c3ncc(-c4ccc(CN5CCCC(O)C5)cc4)cc23)cc1. The number of β-amino-alcohol motifs (C(OH)–C–C–N with tert-alkyl or cyclic N) is 1. The van der Waals surface area contributed by atoms with Crippen molar-refractivity contribution in [1.29, 1.82) is 5.26 Å². The molecule has 31 heavy (non-hydrogen) atoms. The van der Waals surface area contributed by atoms with Crippen molar-refractivity contribution in [3.63, 3.8) is 0 Å². The number of nitriles is 1. The fourth-order valence-corrected chi connectivity index (χ4v) is 4.36. The molecule has 0 radical (unpaired) electrons. The number of likely N-dealkylation sites (tertiary alicyclic amines) is 1. The number of fused-ring (bicyclic) bond motifs is 1. The molecule has 1 saturated heterocycles. The van der Waals surface area contributed by atoms with Crippen molar-refractivity contribution in [2.24, 2.45) is 0 Å². The van der Waals surface area contributed by atoms with Gasteiger partial charge in [0.05, 0.1) is 17.7 Å². The van der Waals surface area contributed by atoms with Crippen molar-refractivity contribution in [2.75, 3.05) is 13.1 Å². The Kier molecular flexibility index (Phi) is 5.25. The molecule has 5 nitrogen and oxygen atoms in total. The first-order valence-electron chi connectivity index (χ1n) is 10.7. The minimum atomic E-state index is -0.197. The van der Waals surface area contributed by atoms with Crippen LogP contribution in [0, 0.1) is 11.3 Å². The average molecular weight is 409 g/mol. The van der Waals surface area contributed by atoms with Crippen LogP contribution >= 0.6 is 0 Å². The van der Waals surface area contributed by atoms with Gasteiger partial charge in [-0.3, -0.25) is 4.90 Å². The van der Waals surface area contributed by atoms with E-state index in [0.29, 0.717) is 5.56 Å². The van der Waals surface area contributed by atoms with E-state index in [2.05, 4.69) is 51.3 Å². The molecule has 0 saturated carbocycles. The van der Waals surface area contributed by atoms with Crippen LogP contribution in [0.5, 0.6) is 0 Å². The lowest BCUT2D eigenvalue weighted by Crippen LogP contribution is -2.37. The Hall–Kier alpha value is -3.46. The molecule has 1 atom stereocenters. The quantitative estimate of drug-likeness (QED) is 0.512. The number of aromatic amines is 1. The first-order valence-corrected chi connectivity index (χ1v) is 10.7. The predicted octanol–water partition coefficient (Wildman–Crippen LogP) is 4.73. The molecule has 1 fully saturated rings. The summed E-state index contributed by atoms with van der Waals surface area (Å²) in [6.45, 7) is 2.67. The predicted molar refractivity (Wildman–Crippen MR) is 122 cm³/mol. The maximum atomic E-state index is 9.88. The van der Waals surface area contributed by atoms with Gasteiger partial charge in [0.25, 0.3) is 0 Å². The van der Waals surface area contributed by atoms with Crippen molar-refractivity contribution < 1.29 is 5.11 Å². The molecule has 154 valence electrons. The van der Waals surface area contributed by atoms with Gasteiger partial charge < -0.3 is 10.1 Å². The molecule has 2 aromatic heterocycles. The third-order valence-corrected chi connectivity index (χ3v) is 6.03. The Balaban J connectivity index is 1.40. The zero-order chi connectivity index (χ0) is 21.2. The van der Waals surface area contributed by atoms with Crippen LogP contribution < -0.4 is 0 Å². The lowest BCUT2D eigenvalue weighted by atomic mass is 10.0. The van der Waals surface area contributed by atoms with Gasteiger partial charge in [-0.15, -0.1) is 0 Å². The summed E-state index contributed by atoms with van der Waals surface area (Å²) >= 11 is 0. The van der Waals surface area contributed by atoms with E-state index in [1.54, 1.807) is 0 Å². The van der Waals surface area contributed by atoms with Crippen molar-refractivity contribution in [1.82, 2.24) is 14.9 Å². The summed E-state index contributed by atoms with van der Waals surface area (Å²) < 4.78 is 0. The van der Waals surface area contributed by atoms with E-state index in [1.807, 2.05) is 36.7 Å². The summed E-state index contributed by atoms with van der Waals surface area (Å²) in [6, 6.07) is 20.6. The highest BCUT2D eigenvalue weighted by Crippen LogP contribution is 2.31. The van der Waals surface area contributed by atoms with Gasteiger partial charge in [0.15, 0.2) is 0 Å². The molecule has 0 aliphatic carbocycles. The van der Waals surface area contributed by atoms with E-state index in [9.17, 15) is 5.11 Å². The van der Waals surface area contributed by atoms with Crippen LogP contribution in [-0.2, 0) is 6.54 Å². The topological polar surface area (TPSA) is 75.9 Å². The van der Waals surface area contributed by atoms with Crippen LogP contribution in [0.2, 0.25) is 0 Å². The first-order chi connectivity index (χ1) is 15.2. The molecule has 5 rings (SSSR count). The number of nitrogens with zero attached hydrogens (tertiary/aromatic N) is 3. The second-order valence-electron chi connectivity index (χ2n) is 8.24. The highest BCUT2D eigenvalue weighted by molar-refractivity contribution is 5.95. The van der Waals surface area contributed by atoms with Gasteiger partial charge in [-0.2, -0.15) is 5.26 Å². The van der Waals surface area contributed by atoms with Gasteiger partial charge in [-0.05, 0) is 54.3 Å². The van der Waals surface area contributed by atoms with Gasteiger partial charge >= 0.3 is 0 Å². The van der Waals surface area contributed by atoms with Gasteiger partial charge in [0.1, 0.15) is 5.65 Å². The third-order valence-electron chi connectivity index (χ3n) is 6.03. The van der Waals surface area contributed by atoms with Crippen molar-refractivity contribution >= 4 is 11.0 Å². The summed E-state index contributed by atoms with van der Waals surface area (Å²) in [4.78, 5) is 10.2. The van der Waals surface area contributed by atoms with E-state index in [1.165, 1.54) is 5.56 Å². The van der Waals surface area contributed by atoms with Gasteiger partial charge in [-0.25, -0.2) is 4.98 Å². The lowest BCUT2D eigenvalue weighted by molar-refractivity contribution is 0.0668. The monoisotopic (exact) mass is 408 g/mol. The number of rotatable bonds is 4. The van der Waals surface area contributed by atoms with Crippen molar-refractivity contribution in [3.05, 3.63) is 78.1 Å². The number of piperidine rings is 1. The van der Waals surface area contributed by atoms with Crippen LogP contribution in [0.3, 0.4) is 0 Å². The number of aliphatic hydroxyl groups excluding tert-OH is 1. The molecule has 1 unspecified atom stereocenters. The molecule has 5 heteroatoms. The summed E-state index contributed by atoms with van der Waals surface area (Å²) in [7, 11) is 0. The third kappa shape index (κ3) is 4.09. The maximum absolute atomic E-state index is 9.88. The number of nitrogens with one attached hydrogen (secondary N) is 1. The van der Waals surface area contributed by atoms with Gasteiger partial charge in [-0.1, -0.05) is 36.4 Å². The summed E-state index contributed by atoms with van der Waals surface area (Å²) in [5.74, 6) is 0. The smallest absolute Gasteiger partial charge is 0.137 e. The van der Waals surface area contributed by atoms with Crippen LogP contribution in [0.15, 0.2) is 67.0 Å². The van der Waals surface area contributed by atoms with E-state index < -0.39 is 0 Å². The highest BCUT2D eigenvalue weighted by Gasteiger charge is 2.17. The molecular formula is C26H24N4O. The second kappa shape index (κ2) is 8.35. The molecular weight excluding hydrogens is 384 g/mol. The Labute approximate surface area is 181 Å².